The Balaban J connectivity index is 2.18. The van der Waals surface area contributed by atoms with Crippen LogP contribution in [-0.2, 0) is 14.3 Å². The Morgan fingerprint density at radius 2 is 1.94 bits per heavy atom. The van der Waals surface area contributed by atoms with E-state index >= 15 is 0 Å². The lowest BCUT2D eigenvalue weighted by molar-refractivity contribution is -0.156. The van der Waals surface area contributed by atoms with Crippen molar-refractivity contribution in [1.82, 2.24) is 4.90 Å². The van der Waals surface area contributed by atoms with E-state index in [2.05, 4.69) is 0 Å². The zero-order valence-electron chi connectivity index (χ0n) is 9.52. The van der Waals surface area contributed by atoms with Gasteiger partial charge in [0.05, 0.1) is 12.6 Å². The van der Waals surface area contributed by atoms with Crippen LogP contribution in [0.4, 0.5) is 0 Å². The van der Waals surface area contributed by atoms with E-state index in [1.54, 1.807) is 7.11 Å². The average Bonchev–Trinajstić information content (AvgIpc) is 2.72. The monoisotopic (exact) mass is 226 g/mol. The minimum Gasteiger partial charge on any atom is -0.382 e. The second-order valence-corrected chi connectivity index (χ2v) is 4.60. The van der Waals surface area contributed by atoms with Gasteiger partial charge in [-0.25, -0.2) is 0 Å². The summed E-state index contributed by atoms with van der Waals surface area (Å²) in [6, 6.07) is -0.298. The van der Waals surface area contributed by atoms with Gasteiger partial charge in [0.15, 0.2) is 0 Å². The van der Waals surface area contributed by atoms with Crippen LogP contribution in [0.15, 0.2) is 0 Å². The number of ether oxygens (including phenoxy) is 1. The van der Waals surface area contributed by atoms with Gasteiger partial charge in [0.2, 0.25) is 11.8 Å². The molecule has 3 unspecified atom stereocenters. The second kappa shape index (κ2) is 4.51. The Morgan fingerprint density at radius 1 is 1.38 bits per heavy atom. The maximum absolute atomic E-state index is 12.1. The van der Waals surface area contributed by atoms with Crippen molar-refractivity contribution in [1.29, 1.82) is 0 Å². The molecular weight excluding hydrogens is 208 g/mol. The SMILES string of the molecule is COCC(CN)N1C(=O)C2CCC(C2)C1=O. The molecular formula is C11H18N2O3. The number of nitrogens with zero attached hydrogens (tertiary/aromatic N) is 1. The summed E-state index contributed by atoms with van der Waals surface area (Å²) >= 11 is 0. The van der Waals surface area contributed by atoms with Gasteiger partial charge in [0.25, 0.3) is 0 Å². The maximum Gasteiger partial charge on any atom is 0.232 e. The predicted octanol–water partition coefficient (Wildman–Crippen LogP) is -0.255. The van der Waals surface area contributed by atoms with Gasteiger partial charge in [-0.3, -0.25) is 14.5 Å². The standard InChI is InChI=1S/C11H18N2O3/c1-16-6-9(5-12)13-10(14)7-2-3-8(4-7)11(13)15/h7-9H,2-6,12H2,1H3. The lowest BCUT2D eigenvalue weighted by Gasteiger charge is -2.35. The summed E-state index contributed by atoms with van der Waals surface area (Å²) in [7, 11) is 1.55. The van der Waals surface area contributed by atoms with Crippen LogP contribution >= 0.6 is 0 Å². The van der Waals surface area contributed by atoms with Gasteiger partial charge < -0.3 is 10.5 Å². The molecule has 1 saturated carbocycles. The maximum atomic E-state index is 12.1. The van der Waals surface area contributed by atoms with Crippen LogP contribution < -0.4 is 5.73 Å². The van der Waals surface area contributed by atoms with Gasteiger partial charge in [-0.1, -0.05) is 0 Å². The summed E-state index contributed by atoms with van der Waals surface area (Å²) in [6.45, 7) is 0.595. The number of piperidine rings is 1. The topological polar surface area (TPSA) is 72.6 Å². The van der Waals surface area contributed by atoms with Gasteiger partial charge >= 0.3 is 0 Å². The predicted molar refractivity (Wildman–Crippen MR) is 57.4 cm³/mol. The number of carbonyl (C=O) groups excluding carboxylic acids is 2. The molecule has 2 aliphatic rings. The van der Waals surface area contributed by atoms with Crippen LogP contribution in [0.1, 0.15) is 19.3 Å². The molecule has 2 rings (SSSR count). The molecule has 5 nitrogen and oxygen atoms in total. The first-order valence-electron chi connectivity index (χ1n) is 5.75. The molecule has 2 N–H and O–H groups in total. The number of rotatable bonds is 4. The quantitative estimate of drug-likeness (QED) is 0.671. The largest absolute Gasteiger partial charge is 0.382 e. The van der Waals surface area contributed by atoms with Crippen LogP contribution in [0.5, 0.6) is 0 Å². The van der Waals surface area contributed by atoms with Crippen LogP contribution in [0.25, 0.3) is 0 Å². The minimum absolute atomic E-state index is 0.0357. The summed E-state index contributed by atoms with van der Waals surface area (Å²) in [5.41, 5.74) is 5.60. The number of carbonyl (C=O) groups is 2. The Hall–Kier alpha value is -0.940. The molecule has 2 bridgehead atoms. The van der Waals surface area contributed by atoms with Gasteiger partial charge in [0, 0.05) is 25.5 Å². The Morgan fingerprint density at radius 3 is 2.38 bits per heavy atom. The molecule has 0 aromatic rings. The molecule has 16 heavy (non-hydrogen) atoms. The van der Waals surface area contributed by atoms with Crippen molar-refractivity contribution < 1.29 is 14.3 Å². The first-order valence-corrected chi connectivity index (χ1v) is 5.75. The van der Waals surface area contributed by atoms with Crippen LogP contribution in [0, 0.1) is 11.8 Å². The van der Waals surface area contributed by atoms with Crippen molar-refractivity contribution in [3.05, 3.63) is 0 Å². The zero-order chi connectivity index (χ0) is 11.7. The highest BCUT2D eigenvalue weighted by molar-refractivity contribution is 6.01. The average molecular weight is 226 g/mol. The van der Waals surface area contributed by atoms with E-state index in [0.717, 1.165) is 19.3 Å². The fourth-order valence-electron chi connectivity index (χ4n) is 2.73. The molecule has 1 aliphatic carbocycles. The molecule has 0 aromatic heterocycles. The van der Waals surface area contributed by atoms with Crippen LogP contribution in [-0.4, -0.2) is 43.0 Å². The summed E-state index contributed by atoms with van der Waals surface area (Å²) in [5, 5.41) is 0. The summed E-state index contributed by atoms with van der Waals surface area (Å²) in [6.07, 6.45) is 2.42. The third-order valence-corrected chi connectivity index (χ3v) is 3.60. The molecule has 2 amide bonds. The van der Waals surface area contributed by atoms with Gasteiger partial charge in [0.1, 0.15) is 0 Å². The molecule has 0 aromatic carbocycles. The van der Waals surface area contributed by atoms with Crippen molar-refractivity contribution in [2.24, 2.45) is 17.6 Å². The highest BCUT2D eigenvalue weighted by Gasteiger charge is 2.47. The Kier molecular flexibility index (Phi) is 3.25. The zero-order valence-corrected chi connectivity index (χ0v) is 9.52. The van der Waals surface area contributed by atoms with Crippen LogP contribution in [0.3, 0.4) is 0 Å². The molecule has 0 radical (unpaired) electrons. The number of amides is 2. The van der Waals surface area contributed by atoms with E-state index in [0.29, 0.717) is 6.61 Å². The van der Waals surface area contributed by atoms with E-state index in [1.807, 2.05) is 0 Å². The third-order valence-electron chi connectivity index (χ3n) is 3.60. The Labute approximate surface area is 94.9 Å². The molecule has 3 atom stereocenters. The molecule has 2 fully saturated rings. The van der Waals surface area contributed by atoms with Gasteiger partial charge in [-0.15, -0.1) is 0 Å². The first kappa shape index (κ1) is 11.5. The van der Waals surface area contributed by atoms with E-state index in [-0.39, 0.29) is 36.2 Å². The van der Waals surface area contributed by atoms with Crippen molar-refractivity contribution in [3.63, 3.8) is 0 Å². The highest BCUT2D eigenvalue weighted by Crippen LogP contribution is 2.38. The second-order valence-electron chi connectivity index (χ2n) is 4.60. The number of fused-ring (bicyclic) bond motifs is 2. The fourth-order valence-corrected chi connectivity index (χ4v) is 2.73. The van der Waals surface area contributed by atoms with E-state index in [9.17, 15) is 9.59 Å². The Bertz CT molecular complexity index is 284. The minimum atomic E-state index is -0.298. The summed E-state index contributed by atoms with van der Waals surface area (Å²) in [5.74, 6) is -0.0280. The number of hydrogen-bond donors (Lipinski definition) is 1. The van der Waals surface area contributed by atoms with Crippen molar-refractivity contribution >= 4 is 11.8 Å². The van der Waals surface area contributed by atoms with Crippen LogP contribution in [0.2, 0.25) is 0 Å². The lowest BCUT2D eigenvalue weighted by atomic mass is 9.95. The number of methoxy groups -OCH3 is 1. The van der Waals surface area contributed by atoms with E-state index in [1.165, 1.54) is 4.90 Å². The molecule has 5 heteroatoms. The van der Waals surface area contributed by atoms with Crippen molar-refractivity contribution in [2.75, 3.05) is 20.3 Å². The smallest absolute Gasteiger partial charge is 0.232 e. The van der Waals surface area contributed by atoms with Crippen molar-refractivity contribution in [2.45, 2.75) is 25.3 Å². The van der Waals surface area contributed by atoms with Gasteiger partial charge in [-0.05, 0) is 19.3 Å². The molecule has 90 valence electrons. The number of likely N-dealkylation sites (tertiary alicyclic amines) is 1. The highest BCUT2D eigenvalue weighted by atomic mass is 16.5. The van der Waals surface area contributed by atoms with E-state index in [4.69, 9.17) is 10.5 Å². The molecule has 1 saturated heterocycles. The summed E-state index contributed by atoms with van der Waals surface area (Å²) < 4.78 is 5.01. The van der Waals surface area contributed by atoms with Crippen molar-refractivity contribution in [3.8, 4) is 0 Å². The molecule has 0 spiro atoms. The third kappa shape index (κ3) is 1.74. The molecule has 1 heterocycles. The molecule has 1 aliphatic heterocycles. The number of hydrogen-bond acceptors (Lipinski definition) is 4. The normalized spacial score (nSPS) is 31.0. The summed E-state index contributed by atoms with van der Waals surface area (Å²) in [4.78, 5) is 25.5. The van der Waals surface area contributed by atoms with Gasteiger partial charge in [-0.2, -0.15) is 0 Å². The first-order chi connectivity index (χ1) is 7.69. The number of nitrogens with two attached hydrogens (primary N) is 1. The fraction of sp³-hybridized carbons (Fsp3) is 0.818. The lowest BCUT2D eigenvalue weighted by Crippen LogP contribution is -2.55. The number of imide groups is 1. The van der Waals surface area contributed by atoms with E-state index < -0.39 is 0 Å².